The quantitative estimate of drug-likeness (QED) is 0.547. The maximum Gasteiger partial charge on any atom is 0.225 e. The Kier molecular flexibility index (Phi) is 5.20. The molecule has 11 heteroatoms. The number of nitrogens with zero attached hydrogens (tertiary/aromatic N) is 5. The van der Waals surface area contributed by atoms with Crippen LogP contribution in [0.1, 0.15) is 16.8 Å². The van der Waals surface area contributed by atoms with Crippen LogP contribution in [0.5, 0.6) is 0 Å². The van der Waals surface area contributed by atoms with Gasteiger partial charge in [-0.3, -0.25) is 4.68 Å². The molecule has 0 aliphatic carbocycles. The average Bonchev–Trinajstić information content (AvgIpc) is 3.12. The summed E-state index contributed by atoms with van der Waals surface area (Å²) < 4.78 is 41.3. The molecular weight excluding hydrogens is 399 g/mol. The van der Waals surface area contributed by atoms with Gasteiger partial charge in [-0.15, -0.1) is 0 Å². The summed E-state index contributed by atoms with van der Waals surface area (Å²) in [6.45, 7) is 2.70. The molecule has 0 bridgehead atoms. The van der Waals surface area contributed by atoms with Crippen molar-refractivity contribution in [2.24, 2.45) is 0 Å². The fraction of sp³-hybridized carbons (Fsp3) is 0.316. The number of rotatable bonds is 5. The zero-order valence-corrected chi connectivity index (χ0v) is 16.3. The largest absolute Gasteiger partial charge is 0.372 e. The molecule has 4 rings (SSSR count). The highest BCUT2D eigenvalue weighted by Gasteiger charge is 2.24. The number of anilines is 3. The molecule has 0 fully saturated rings. The maximum absolute atomic E-state index is 13.4. The van der Waals surface area contributed by atoms with Gasteiger partial charge in [-0.05, 0) is 24.6 Å². The Morgan fingerprint density at radius 3 is 2.67 bits per heavy atom. The van der Waals surface area contributed by atoms with Crippen LogP contribution < -0.4 is 15.5 Å². The normalized spacial score (nSPS) is 15.7. The lowest BCUT2D eigenvalue weighted by Gasteiger charge is -2.31. The summed E-state index contributed by atoms with van der Waals surface area (Å²) in [6.07, 6.45) is 2.64. The summed E-state index contributed by atoms with van der Waals surface area (Å²) in [7, 11) is 1.84. The first-order chi connectivity index (χ1) is 14.3. The highest BCUT2D eigenvalue weighted by Crippen LogP contribution is 2.30. The van der Waals surface area contributed by atoms with Gasteiger partial charge in [0.25, 0.3) is 0 Å². The van der Waals surface area contributed by atoms with Crippen molar-refractivity contribution in [1.29, 1.82) is 0 Å². The van der Waals surface area contributed by atoms with Crippen LogP contribution in [0.2, 0.25) is 0 Å². The van der Waals surface area contributed by atoms with E-state index in [4.69, 9.17) is 0 Å². The van der Waals surface area contributed by atoms with Crippen LogP contribution in [0.15, 0.2) is 24.5 Å². The summed E-state index contributed by atoms with van der Waals surface area (Å²) in [5.41, 5.74) is 2.46. The predicted molar refractivity (Wildman–Crippen MR) is 105 cm³/mol. The number of aromatic nitrogens is 4. The van der Waals surface area contributed by atoms with Gasteiger partial charge in [-0.25, -0.2) is 18.2 Å². The molecule has 30 heavy (non-hydrogen) atoms. The lowest BCUT2D eigenvalue weighted by atomic mass is 10.2. The van der Waals surface area contributed by atoms with Crippen molar-refractivity contribution < 1.29 is 18.3 Å². The Morgan fingerprint density at radius 1 is 1.20 bits per heavy atom. The van der Waals surface area contributed by atoms with Crippen LogP contribution >= 0.6 is 0 Å². The zero-order chi connectivity index (χ0) is 21.4. The van der Waals surface area contributed by atoms with Crippen LogP contribution in [-0.4, -0.2) is 44.7 Å². The molecule has 1 unspecified atom stereocenters. The third-order valence-corrected chi connectivity index (χ3v) is 4.72. The summed E-state index contributed by atoms with van der Waals surface area (Å²) in [4.78, 5) is 10.7. The van der Waals surface area contributed by atoms with E-state index in [0.29, 0.717) is 36.2 Å². The number of halogens is 3. The van der Waals surface area contributed by atoms with Gasteiger partial charge in [0.2, 0.25) is 5.95 Å². The smallest absolute Gasteiger partial charge is 0.225 e. The van der Waals surface area contributed by atoms with Crippen LogP contribution in [0.3, 0.4) is 0 Å². The molecular formula is C19H20F3N7O. The van der Waals surface area contributed by atoms with Gasteiger partial charge >= 0.3 is 0 Å². The van der Waals surface area contributed by atoms with Crippen LogP contribution in [0.4, 0.5) is 30.6 Å². The van der Waals surface area contributed by atoms with E-state index in [-0.39, 0.29) is 12.1 Å². The fourth-order valence-electron chi connectivity index (χ4n) is 3.29. The minimum atomic E-state index is -1.49. The van der Waals surface area contributed by atoms with E-state index >= 15 is 0 Å². The predicted octanol–water partition coefficient (Wildman–Crippen LogP) is 2.24. The van der Waals surface area contributed by atoms with E-state index < -0.39 is 23.7 Å². The number of aliphatic hydroxyl groups is 1. The molecule has 2 aromatic heterocycles. The van der Waals surface area contributed by atoms with Crippen LogP contribution in [-0.2, 0) is 13.1 Å². The second kappa shape index (κ2) is 7.82. The molecule has 0 spiro atoms. The second-order valence-corrected chi connectivity index (χ2v) is 7.15. The lowest BCUT2D eigenvalue weighted by Crippen LogP contribution is -2.40. The number of β-amino-alcohol motifs (C(OH)–C–C–N with tert-alkyl or cyclic N) is 1. The third-order valence-electron chi connectivity index (χ3n) is 4.72. The molecule has 1 aliphatic rings. The number of aryl methyl sites for hydroxylation is 1. The van der Waals surface area contributed by atoms with Gasteiger partial charge in [0.05, 0.1) is 25.0 Å². The first-order valence-corrected chi connectivity index (χ1v) is 9.23. The molecule has 1 aromatic carbocycles. The number of hydrogen-bond donors (Lipinski definition) is 3. The Morgan fingerprint density at radius 2 is 1.93 bits per heavy atom. The zero-order valence-electron chi connectivity index (χ0n) is 16.3. The van der Waals surface area contributed by atoms with Gasteiger partial charge in [-0.1, -0.05) is 0 Å². The van der Waals surface area contributed by atoms with Gasteiger partial charge < -0.3 is 20.6 Å². The highest BCUT2D eigenvalue weighted by atomic mass is 19.2. The Hall–Kier alpha value is -3.34. The minimum Gasteiger partial charge on any atom is -0.372 e. The second-order valence-electron chi connectivity index (χ2n) is 7.15. The molecule has 3 aromatic rings. The molecule has 1 atom stereocenters. The topological polar surface area (TPSA) is 91.1 Å². The summed E-state index contributed by atoms with van der Waals surface area (Å²) in [5.74, 6) is -2.84. The van der Waals surface area contributed by atoms with E-state index in [0.717, 1.165) is 17.7 Å². The molecule has 158 valence electrons. The van der Waals surface area contributed by atoms with Crippen molar-refractivity contribution in [2.75, 3.05) is 29.1 Å². The summed E-state index contributed by atoms with van der Waals surface area (Å²) in [6, 6.07) is 1.90. The van der Waals surface area contributed by atoms with Crippen LogP contribution in [0, 0.1) is 24.4 Å². The monoisotopic (exact) mass is 419 g/mol. The van der Waals surface area contributed by atoms with Gasteiger partial charge in [0, 0.05) is 25.4 Å². The number of fused-ring (bicyclic) bond motifs is 1. The Balaban J connectivity index is 1.44. The third kappa shape index (κ3) is 4.01. The van der Waals surface area contributed by atoms with Crippen molar-refractivity contribution in [2.45, 2.75) is 26.2 Å². The molecule has 3 heterocycles. The van der Waals surface area contributed by atoms with Gasteiger partial charge in [0.15, 0.2) is 23.3 Å². The summed E-state index contributed by atoms with van der Waals surface area (Å²) >= 11 is 0. The molecule has 0 saturated heterocycles. The Labute approximate surface area is 170 Å². The maximum atomic E-state index is 13.4. The SMILES string of the molecule is Cc1nc(NCc2cnn(Cc3cc(F)c(F)c(F)c3)c2)nc2c1NC(O)CN2C. The Bertz CT molecular complexity index is 1060. The van der Waals surface area contributed by atoms with Crippen molar-refractivity contribution in [3.8, 4) is 0 Å². The van der Waals surface area contributed by atoms with Crippen molar-refractivity contribution in [3.05, 3.63) is 58.8 Å². The van der Waals surface area contributed by atoms with Crippen molar-refractivity contribution in [1.82, 2.24) is 19.7 Å². The van der Waals surface area contributed by atoms with E-state index in [2.05, 4.69) is 25.7 Å². The molecule has 1 aliphatic heterocycles. The first kappa shape index (κ1) is 20.0. The van der Waals surface area contributed by atoms with E-state index in [1.54, 1.807) is 12.4 Å². The average molecular weight is 419 g/mol. The van der Waals surface area contributed by atoms with Crippen molar-refractivity contribution in [3.63, 3.8) is 0 Å². The first-order valence-electron chi connectivity index (χ1n) is 9.23. The van der Waals surface area contributed by atoms with Crippen molar-refractivity contribution >= 4 is 17.5 Å². The molecule has 0 radical (unpaired) electrons. The van der Waals surface area contributed by atoms with Gasteiger partial charge in [0.1, 0.15) is 11.9 Å². The number of benzene rings is 1. The fourth-order valence-corrected chi connectivity index (χ4v) is 3.29. The number of hydrogen-bond acceptors (Lipinski definition) is 7. The molecule has 8 nitrogen and oxygen atoms in total. The number of likely N-dealkylation sites (N-methyl/N-ethyl adjacent to an activating group) is 1. The van der Waals surface area contributed by atoms with E-state index in [9.17, 15) is 18.3 Å². The van der Waals surface area contributed by atoms with E-state index in [1.807, 2.05) is 18.9 Å². The number of aliphatic hydroxyl groups excluding tert-OH is 1. The standard InChI is InChI=1S/C19H20F3N7O/c1-10-17-18(28(2)9-15(30)26-17)27-19(25-10)23-5-12-6-24-29(8-12)7-11-3-13(20)16(22)14(21)4-11/h3-4,6,8,15,26,30H,5,7,9H2,1-2H3,(H,23,25,27). The van der Waals surface area contributed by atoms with Gasteiger partial charge in [-0.2, -0.15) is 10.1 Å². The highest BCUT2D eigenvalue weighted by molar-refractivity contribution is 5.71. The number of nitrogens with one attached hydrogen (secondary N) is 2. The molecule has 0 saturated carbocycles. The molecule has 3 N–H and O–H groups in total. The van der Waals surface area contributed by atoms with Crippen LogP contribution in [0.25, 0.3) is 0 Å². The minimum absolute atomic E-state index is 0.0986. The summed E-state index contributed by atoms with van der Waals surface area (Å²) in [5, 5.41) is 20.1. The lowest BCUT2D eigenvalue weighted by molar-refractivity contribution is 0.206. The molecule has 0 amide bonds. The van der Waals surface area contributed by atoms with E-state index in [1.165, 1.54) is 4.68 Å².